The number of hydrogen-bond donors (Lipinski definition) is 2. The van der Waals surface area contributed by atoms with Crippen LogP contribution >= 0.6 is 35.0 Å². The summed E-state index contributed by atoms with van der Waals surface area (Å²) < 4.78 is 27.3. The molecule has 1 aromatic rings. The summed E-state index contributed by atoms with van der Waals surface area (Å²) in [6, 6.07) is 2.85. The lowest BCUT2D eigenvalue weighted by Crippen LogP contribution is -2.32. The Morgan fingerprint density at radius 1 is 1.35 bits per heavy atom. The molecule has 1 saturated carbocycles. The molecule has 2 rings (SSSR count). The van der Waals surface area contributed by atoms with Crippen molar-refractivity contribution in [3.05, 3.63) is 27.7 Å². The Morgan fingerprint density at radius 3 is 2.50 bits per heavy atom. The van der Waals surface area contributed by atoms with Gasteiger partial charge in [0.05, 0.1) is 5.02 Å². The number of nitrogens with two attached hydrogens (primary N) is 1. The molecule has 3 N–H and O–H groups in total. The number of halogens is 2. The lowest BCUT2D eigenvalue weighted by Gasteiger charge is -2.15. The third-order valence-electron chi connectivity index (χ3n) is 3.44. The van der Waals surface area contributed by atoms with E-state index in [-0.39, 0.29) is 21.2 Å². The van der Waals surface area contributed by atoms with Gasteiger partial charge in [0.25, 0.3) is 0 Å². The van der Waals surface area contributed by atoms with Crippen molar-refractivity contribution in [2.45, 2.75) is 29.0 Å². The van der Waals surface area contributed by atoms with Crippen molar-refractivity contribution >= 4 is 45.0 Å². The Kier molecular flexibility index (Phi) is 4.94. The van der Waals surface area contributed by atoms with Gasteiger partial charge in [0, 0.05) is 22.9 Å². The second-order valence-corrected chi connectivity index (χ2v) is 8.61. The Hall–Kier alpha value is 0.0200. The first kappa shape index (κ1) is 16.4. The molecule has 0 spiro atoms. The fraction of sp³-hybridized carbons (Fsp3) is 0.500. The quantitative estimate of drug-likeness (QED) is 0.823. The van der Waals surface area contributed by atoms with Crippen molar-refractivity contribution in [1.82, 2.24) is 4.72 Å². The third kappa shape index (κ3) is 3.43. The molecular weight excluding hydrogens is 339 g/mol. The molecule has 0 saturated heterocycles. The normalized spacial score (nSPS) is 17.2. The van der Waals surface area contributed by atoms with Gasteiger partial charge in [-0.1, -0.05) is 23.2 Å². The average molecular weight is 355 g/mol. The number of thioether (sulfide) groups is 1. The van der Waals surface area contributed by atoms with Crippen molar-refractivity contribution in [2.75, 3.05) is 12.8 Å². The Labute approximate surface area is 133 Å². The van der Waals surface area contributed by atoms with Crippen LogP contribution in [0.4, 0.5) is 0 Å². The topological polar surface area (TPSA) is 72.2 Å². The fourth-order valence-electron chi connectivity index (χ4n) is 1.83. The summed E-state index contributed by atoms with van der Waals surface area (Å²) in [5.74, 6) is 0. The SMILES string of the molecule is CSC1(CNS(=O)(=O)c2cc(CN)c(Cl)cc2Cl)CC1. The van der Waals surface area contributed by atoms with Crippen LogP contribution in [-0.4, -0.2) is 26.0 Å². The molecule has 0 radical (unpaired) electrons. The zero-order valence-corrected chi connectivity index (χ0v) is 14.1. The standard InChI is InChI=1S/C12H16Cl2N2O2S2/c1-19-12(2-3-12)7-16-20(17,18)11-4-8(6-15)9(13)5-10(11)14/h4-5,16H,2-3,6-7,15H2,1H3. The average Bonchev–Trinajstić information content (AvgIpc) is 3.17. The fourth-order valence-corrected chi connectivity index (χ4v) is 4.65. The van der Waals surface area contributed by atoms with Gasteiger partial charge in [-0.2, -0.15) is 11.8 Å². The van der Waals surface area contributed by atoms with Crippen LogP contribution in [0.1, 0.15) is 18.4 Å². The van der Waals surface area contributed by atoms with Gasteiger partial charge in [-0.25, -0.2) is 13.1 Å². The van der Waals surface area contributed by atoms with E-state index in [1.165, 1.54) is 12.1 Å². The molecule has 4 nitrogen and oxygen atoms in total. The number of nitrogens with one attached hydrogen (secondary N) is 1. The summed E-state index contributed by atoms with van der Waals surface area (Å²) in [5, 5.41) is 0.480. The molecule has 0 bridgehead atoms. The lowest BCUT2D eigenvalue weighted by atomic mass is 10.2. The molecular formula is C12H16Cl2N2O2S2. The lowest BCUT2D eigenvalue weighted by molar-refractivity contribution is 0.579. The molecule has 1 aromatic carbocycles. The highest BCUT2D eigenvalue weighted by molar-refractivity contribution is 8.00. The maximum Gasteiger partial charge on any atom is 0.242 e. The second kappa shape index (κ2) is 6.02. The number of hydrogen-bond acceptors (Lipinski definition) is 4. The minimum absolute atomic E-state index is 0.0286. The van der Waals surface area contributed by atoms with E-state index in [0.717, 1.165) is 12.8 Å². The van der Waals surface area contributed by atoms with Crippen molar-refractivity contribution in [3.8, 4) is 0 Å². The van der Waals surface area contributed by atoms with Gasteiger partial charge < -0.3 is 5.73 Å². The predicted octanol–water partition coefficient (Wildman–Crippen LogP) is 2.63. The highest BCUT2D eigenvalue weighted by atomic mass is 35.5. The van der Waals surface area contributed by atoms with Crippen molar-refractivity contribution in [1.29, 1.82) is 0 Å². The second-order valence-electron chi connectivity index (χ2n) is 4.79. The Balaban J connectivity index is 2.25. The van der Waals surface area contributed by atoms with Crippen LogP contribution in [0.5, 0.6) is 0 Å². The summed E-state index contributed by atoms with van der Waals surface area (Å²) in [6.07, 6.45) is 4.04. The van der Waals surface area contributed by atoms with Gasteiger partial charge in [0.1, 0.15) is 4.90 Å². The van der Waals surface area contributed by atoms with Crippen LogP contribution in [0.25, 0.3) is 0 Å². The van der Waals surface area contributed by atoms with Crippen LogP contribution < -0.4 is 10.5 Å². The van der Waals surface area contributed by atoms with E-state index in [9.17, 15) is 8.42 Å². The summed E-state index contributed by atoms with van der Waals surface area (Å²) in [5.41, 5.74) is 6.10. The van der Waals surface area contributed by atoms with Gasteiger partial charge in [-0.05, 0) is 36.8 Å². The van der Waals surface area contributed by atoms with Crippen LogP contribution in [0, 0.1) is 0 Å². The summed E-state index contributed by atoms with van der Waals surface area (Å²) in [6.45, 7) is 0.570. The van der Waals surface area contributed by atoms with Crippen molar-refractivity contribution < 1.29 is 8.42 Å². The van der Waals surface area contributed by atoms with Crippen LogP contribution in [0.15, 0.2) is 17.0 Å². The zero-order chi connectivity index (χ0) is 15.0. The number of rotatable bonds is 6. The maximum atomic E-state index is 12.3. The van der Waals surface area contributed by atoms with Gasteiger partial charge in [-0.3, -0.25) is 0 Å². The monoisotopic (exact) mass is 354 g/mol. The van der Waals surface area contributed by atoms with Gasteiger partial charge in [-0.15, -0.1) is 0 Å². The Bertz CT molecular complexity index is 616. The molecule has 1 aliphatic rings. The van der Waals surface area contributed by atoms with Crippen LogP contribution in [-0.2, 0) is 16.6 Å². The molecule has 0 heterocycles. The van der Waals surface area contributed by atoms with Crippen molar-refractivity contribution in [2.24, 2.45) is 5.73 Å². The highest BCUT2D eigenvalue weighted by Crippen LogP contribution is 2.46. The van der Waals surface area contributed by atoms with Crippen LogP contribution in [0.2, 0.25) is 10.0 Å². The smallest absolute Gasteiger partial charge is 0.242 e. The first-order chi connectivity index (χ1) is 9.33. The molecule has 0 aliphatic heterocycles. The first-order valence-electron chi connectivity index (χ1n) is 6.06. The molecule has 0 unspecified atom stereocenters. The highest BCUT2D eigenvalue weighted by Gasteiger charge is 2.42. The molecule has 0 aromatic heterocycles. The van der Waals surface area contributed by atoms with E-state index >= 15 is 0 Å². The summed E-state index contributed by atoms with van der Waals surface area (Å²) >= 11 is 13.6. The minimum Gasteiger partial charge on any atom is -0.326 e. The molecule has 1 fully saturated rings. The van der Waals surface area contributed by atoms with E-state index in [0.29, 0.717) is 17.1 Å². The summed E-state index contributed by atoms with van der Waals surface area (Å²) in [7, 11) is -3.65. The third-order valence-corrected chi connectivity index (χ3v) is 7.07. The molecule has 1 aliphatic carbocycles. The Morgan fingerprint density at radius 2 is 2.00 bits per heavy atom. The van der Waals surface area contributed by atoms with Gasteiger partial charge >= 0.3 is 0 Å². The van der Waals surface area contributed by atoms with Crippen molar-refractivity contribution in [3.63, 3.8) is 0 Å². The largest absolute Gasteiger partial charge is 0.326 e. The van der Waals surface area contributed by atoms with E-state index in [2.05, 4.69) is 4.72 Å². The van der Waals surface area contributed by atoms with Gasteiger partial charge in [0.15, 0.2) is 0 Å². The maximum absolute atomic E-state index is 12.3. The van der Waals surface area contributed by atoms with Crippen LogP contribution in [0.3, 0.4) is 0 Å². The first-order valence-corrected chi connectivity index (χ1v) is 9.53. The molecule has 20 heavy (non-hydrogen) atoms. The van der Waals surface area contributed by atoms with E-state index in [1.54, 1.807) is 11.8 Å². The van der Waals surface area contributed by atoms with E-state index in [1.807, 2.05) is 6.26 Å². The molecule has 8 heteroatoms. The predicted molar refractivity (Wildman–Crippen MR) is 85.0 cm³/mol. The van der Waals surface area contributed by atoms with Gasteiger partial charge in [0.2, 0.25) is 10.0 Å². The number of sulfonamides is 1. The molecule has 0 atom stereocenters. The van der Waals surface area contributed by atoms with E-state index < -0.39 is 10.0 Å². The molecule has 0 amide bonds. The summed E-state index contributed by atoms with van der Waals surface area (Å²) in [4.78, 5) is 0.0286. The number of benzene rings is 1. The minimum atomic E-state index is -3.65. The van der Waals surface area contributed by atoms with E-state index in [4.69, 9.17) is 28.9 Å². The zero-order valence-electron chi connectivity index (χ0n) is 10.9. The molecule has 112 valence electrons.